The lowest BCUT2D eigenvalue weighted by Gasteiger charge is -2.34. The molecule has 0 spiro atoms. The minimum absolute atomic E-state index is 0.0102. The highest BCUT2D eigenvalue weighted by Gasteiger charge is 2.33. The molecule has 4 heteroatoms. The summed E-state index contributed by atoms with van der Waals surface area (Å²) in [5.74, 6) is 3.20. The van der Waals surface area contributed by atoms with Gasteiger partial charge in [-0.25, -0.2) is 0 Å². The third kappa shape index (κ3) is 5.16. The van der Waals surface area contributed by atoms with E-state index in [1.165, 1.54) is 30.5 Å². The van der Waals surface area contributed by atoms with Gasteiger partial charge in [-0.3, -0.25) is 4.79 Å². The first-order valence-electron chi connectivity index (χ1n) is 11.3. The molecule has 4 nitrogen and oxygen atoms in total. The number of benzene rings is 2. The van der Waals surface area contributed by atoms with Crippen molar-refractivity contribution in [2.24, 2.45) is 11.8 Å². The van der Waals surface area contributed by atoms with Gasteiger partial charge >= 0.3 is 0 Å². The van der Waals surface area contributed by atoms with E-state index in [1.807, 2.05) is 6.92 Å². The van der Waals surface area contributed by atoms with Crippen LogP contribution in [0.15, 0.2) is 48.5 Å². The molecule has 1 amide bonds. The van der Waals surface area contributed by atoms with E-state index < -0.39 is 0 Å². The average molecular weight is 407 g/mol. The molecule has 1 aliphatic carbocycles. The maximum absolute atomic E-state index is 11.3. The maximum atomic E-state index is 11.3. The monoisotopic (exact) mass is 406 g/mol. The number of nitrogens with one attached hydrogen (secondary N) is 1. The highest BCUT2D eigenvalue weighted by molar-refractivity contribution is 5.73. The molecule has 2 aliphatic rings. The van der Waals surface area contributed by atoms with Crippen molar-refractivity contribution >= 4 is 11.6 Å². The van der Waals surface area contributed by atoms with E-state index in [9.17, 15) is 4.79 Å². The van der Waals surface area contributed by atoms with Crippen LogP contribution in [-0.4, -0.2) is 25.6 Å². The van der Waals surface area contributed by atoms with Crippen molar-refractivity contribution in [3.8, 4) is 5.75 Å². The Balaban J connectivity index is 1.27. The molecule has 1 saturated carbocycles. The molecule has 1 N–H and O–H groups in total. The largest absolute Gasteiger partial charge is 0.493 e. The van der Waals surface area contributed by atoms with Gasteiger partial charge in [-0.1, -0.05) is 31.2 Å². The zero-order valence-electron chi connectivity index (χ0n) is 18.4. The Morgan fingerprint density at radius 1 is 1.10 bits per heavy atom. The standard InChI is InChI=1S/C26H34N2O2/c1-18-16-24(18)17-30-26-10-8-25(9-11-26)28-14-12-23(13-15-28)22-6-4-21(5-7-22)19(2)27-20(3)29/h4-11,18-19,23-24H,12-17H2,1-3H3,(H,27,29)/t18?,19-,24?/m0/s1. The Bertz CT molecular complexity index is 838. The van der Waals surface area contributed by atoms with E-state index in [-0.39, 0.29) is 11.9 Å². The fraction of sp³-hybridized carbons (Fsp3) is 0.500. The van der Waals surface area contributed by atoms with Crippen LogP contribution in [0.3, 0.4) is 0 Å². The smallest absolute Gasteiger partial charge is 0.217 e. The first-order chi connectivity index (χ1) is 14.5. The van der Waals surface area contributed by atoms with Crippen LogP contribution in [0.5, 0.6) is 5.75 Å². The molecule has 2 aromatic rings. The zero-order chi connectivity index (χ0) is 21.1. The molecule has 1 heterocycles. The van der Waals surface area contributed by atoms with Crippen LogP contribution in [0.4, 0.5) is 5.69 Å². The van der Waals surface area contributed by atoms with Crippen LogP contribution in [-0.2, 0) is 4.79 Å². The first-order valence-corrected chi connectivity index (χ1v) is 11.3. The summed E-state index contributed by atoms with van der Waals surface area (Å²) in [6.07, 6.45) is 3.64. The lowest BCUT2D eigenvalue weighted by atomic mass is 9.88. The SMILES string of the molecule is CC(=O)N[C@@H](C)c1ccc(C2CCN(c3ccc(OCC4CC4C)cc3)CC2)cc1. The summed E-state index contributed by atoms with van der Waals surface area (Å²) in [5, 5.41) is 2.95. The van der Waals surface area contributed by atoms with Crippen molar-refractivity contribution in [1.82, 2.24) is 5.32 Å². The summed E-state index contributed by atoms with van der Waals surface area (Å²) >= 11 is 0. The molecule has 2 unspecified atom stereocenters. The Morgan fingerprint density at radius 2 is 1.73 bits per heavy atom. The number of rotatable bonds is 7. The van der Waals surface area contributed by atoms with Gasteiger partial charge in [-0.15, -0.1) is 0 Å². The summed E-state index contributed by atoms with van der Waals surface area (Å²) in [6.45, 7) is 8.89. The van der Waals surface area contributed by atoms with Crippen LogP contribution in [0.1, 0.15) is 63.1 Å². The number of hydrogen-bond acceptors (Lipinski definition) is 3. The minimum atomic E-state index is 0.0102. The second kappa shape index (κ2) is 9.11. The summed E-state index contributed by atoms with van der Waals surface area (Å²) in [6, 6.07) is 17.5. The predicted molar refractivity (Wildman–Crippen MR) is 122 cm³/mol. The van der Waals surface area contributed by atoms with Crippen LogP contribution >= 0.6 is 0 Å². The van der Waals surface area contributed by atoms with Crippen molar-refractivity contribution in [2.45, 2.75) is 52.0 Å². The summed E-state index contributed by atoms with van der Waals surface area (Å²) in [5.41, 5.74) is 3.86. The third-order valence-corrected chi connectivity index (χ3v) is 6.76. The number of piperidine rings is 1. The molecule has 3 atom stereocenters. The van der Waals surface area contributed by atoms with E-state index in [1.54, 1.807) is 6.92 Å². The molecule has 0 bridgehead atoms. The molecule has 1 aliphatic heterocycles. The van der Waals surface area contributed by atoms with Gasteiger partial charge in [0.1, 0.15) is 5.75 Å². The van der Waals surface area contributed by atoms with Gasteiger partial charge in [0.2, 0.25) is 5.91 Å². The Labute approximate surface area is 180 Å². The van der Waals surface area contributed by atoms with E-state index in [0.29, 0.717) is 5.92 Å². The van der Waals surface area contributed by atoms with E-state index in [4.69, 9.17) is 4.74 Å². The van der Waals surface area contributed by atoms with E-state index in [0.717, 1.165) is 42.8 Å². The van der Waals surface area contributed by atoms with Gasteiger partial charge in [0, 0.05) is 25.7 Å². The van der Waals surface area contributed by atoms with Gasteiger partial charge in [0.15, 0.2) is 0 Å². The van der Waals surface area contributed by atoms with Crippen molar-refractivity contribution < 1.29 is 9.53 Å². The maximum Gasteiger partial charge on any atom is 0.217 e. The summed E-state index contributed by atoms with van der Waals surface area (Å²) in [4.78, 5) is 13.7. The zero-order valence-corrected chi connectivity index (χ0v) is 18.4. The second-order valence-electron chi connectivity index (χ2n) is 9.13. The molecule has 0 aromatic heterocycles. The van der Waals surface area contributed by atoms with Crippen LogP contribution < -0.4 is 15.0 Å². The number of nitrogens with zero attached hydrogens (tertiary/aromatic N) is 1. The minimum Gasteiger partial charge on any atom is -0.493 e. The topological polar surface area (TPSA) is 41.6 Å². The van der Waals surface area contributed by atoms with Gasteiger partial charge in [-0.2, -0.15) is 0 Å². The molecule has 2 fully saturated rings. The highest BCUT2D eigenvalue weighted by atomic mass is 16.5. The molecule has 1 saturated heterocycles. The summed E-state index contributed by atoms with van der Waals surface area (Å²) in [7, 11) is 0. The van der Waals surface area contributed by atoms with E-state index >= 15 is 0 Å². The molecular formula is C26H34N2O2. The molecule has 2 aromatic carbocycles. The molecule has 160 valence electrons. The third-order valence-electron chi connectivity index (χ3n) is 6.76. The van der Waals surface area contributed by atoms with Crippen molar-refractivity contribution in [1.29, 1.82) is 0 Å². The molecular weight excluding hydrogens is 372 g/mol. The van der Waals surface area contributed by atoms with Gasteiger partial charge in [0.25, 0.3) is 0 Å². The number of anilines is 1. The van der Waals surface area contributed by atoms with E-state index in [2.05, 4.69) is 65.7 Å². The van der Waals surface area contributed by atoms with Crippen LogP contribution in [0.2, 0.25) is 0 Å². The number of hydrogen-bond donors (Lipinski definition) is 1. The van der Waals surface area contributed by atoms with Gasteiger partial charge < -0.3 is 15.0 Å². The predicted octanol–water partition coefficient (Wildman–Crippen LogP) is 5.30. The average Bonchev–Trinajstić information content (AvgIpc) is 3.47. The fourth-order valence-corrected chi connectivity index (χ4v) is 4.50. The van der Waals surface area contributed by atoms with Crippen molar-refractivity contribution in [2.75, 3.05) is 24.6 Å². The van der Waals surface area contributed by atoms with Gasteiger partial charge in [0.05, 0.1) is 12.6 Å². The molecule has 0 radical (unpaired) electrons. The fourth-order valence-electron chi connectivity index (χ4n) is 4.50. The van der Waals surface area contributed by atoms with Crippen LogP contribution in [0.25, 0.3) is 0 Å². The Hall–Kier alpha value is -2.49. The highest BCUT2D eigenvalue weighted by Crippen LogP contribution is 2.38. The number of amides is 1. The Morgan fingerprint density at radius 3 is 2.30 bits per heavy atom. The Kier molecular flexibility index (Phi) is 6.31. The number of ether oxygens (including phenoxy) is 1. The number of carbonyl (C=O) groups is 1. The summed E-state index contributed by atoms with van der Waals surface area (Å²) < 4.78 is 5.92. The van der Waals surface area contributed by atoms with Crippen molar-refractivity contribution in [3.63, 3.8) is 0 Å². The van der Waals surface area contributed by atoms with Crippen molar-refractivity contribution in [3.05, 3.63) is 59.7 Å². The van der Waals surface area contributed by atoms with Gasteiger partial charge in [-0.05, 0) is 79.3 Å². The number of carbonyl (C=O) groups excluding carboxylic acids is 1. The quantitative estimate of drug-likeness (QED) is 0.678. The molecule has 30 heavy (non-hydrogen) atoms. The second-order valence-corrected chi connectivity index (χ2v) is 9.13. The molecule has 4 rings (SSSR count). The lowest BCUT2D eigenvalue weighted by Crippen LogP contribution is -2.32. The normalized spacial score (nSPS) is 22.4. The van der Waals surface area contributed by atoms with Crippen LogP contribution in [0, 0.1) is 11.8 Å². The first kappa shape index (κ1) is 20.8. The lowest BCUT2D eigenvalue weighted by molar-refractivity contribution is -0.119.